The molecule has 0 spiro atoms. The van der Waals surface area contributed by atoms with Crippen molar-refractivity contribution in [3.8, 4) is 5.75 Å². The number of carbonyl (C=O) groups excluding carboxylic acids is 2. The Morgan fingerprint density at radius 2 is 1.69 bits per heavy atom. The molecule has 3 heterocycles. The third-order valence-corrected chi connectivity index (χ3v) is 8.75. The van der Waals surface area contributed by atoms with Gasteiger partial charge >= 0.3 is 0 Å². The zero-order valence-corrected chi connectivity index (χ0v) is 19.8. The third kappa shape index (κ3) is 4.50. The van der Waals surface area contributed by atoms with Crippen LogP contribution in [0, 0.1) is 0 Å². The van der Waals surface area contributed by atoms with Crippen LogP contribution in [0.4, 0.5) is 5.69 Å². The van der Waals surface area contributed by atoms with Crippen LogP contribution in [0.2, 0.25) is 0 Å². The molecule has 1 aromatic rings. The highest BCUT2D eigenvalue weighted by atomic mass is 32.2. The van der Waals surface area contributed by atoms with Crippen LogP contribution in [0.3, 0.4) is 0 Å². The summed E-state index contributed by atoms with van der Waals surface area (Å²) in [5.74, 6) is -0.0360. The molecule has 0 radical (unpaired) electrons. The number of piperidine rings is 1. The molecular weight excluding hydrogens is 430 g/mol. The zero-order chi connectivity index (χ0) is 22.9. The van der Waals surface area contributed by atoms with Gasteiger partial charge < -0.3 is 9.64 Å². The van der Waals surface area contributed by atoms with Gasteiger partial charge in [-0.3, -0.25) is 14.5 Å². The lowest BCUT2D eigenvalue weighted by atomic mass is 9.97. The molecule has 0 saturated carbocycles. The van der Waals surface area contributed by atoms with Crippen molar-refractivity contribution >= 4 is 27.5 Å². The molecule has 1 aromatic carbocycles. The zero-order valence-electron chi connectivity index (χ0n) is 19.0. The molecule has 0 aromatic heterocycles. The molecule has 2 amide bonds. The average Bonchev–Trinajstić information content (AvgIpc) is 3.05. The Balaban J connectivity index is 1.62. The number of hydrogen-bond acceptors (Lipinski definition) is 5. The topological polar surface area (TPSA) is 87.2 Å². The van der Waals surface area contributed by atoms with Crippen molar-refractivity contribution in [3.05, 3.63) is 18.2 Å². The first-order valence-electron chi connectivity index (χ1n) is 11.7. The standard InChI is InChI=1S/C23H33N3O5S/c1-17-8-7-9-18(2)26(17)22(27)15-25-20-14-19(10-11-21(20)31-16-23(25)28)32(29,30)24-12-5-3-4-6-13-24/h10-11,14,17-18H,3-9,12-13,15-16H2,1-2H3/t17-,18-/m1/s1. The van der Waals surface area contributed by atoms with Crippen molar-refractivity contribution < 1.29 is 22.7 Å². The van der Waals surface area contributed by atoms with E-state index in [-0.39, 0.29) is 41.9 Å². The second kappa shape index (κ2) is 9.39. The summed E-state index contributed by atoms with van der Waals surface area (Å²) in [5.41, 5.74) is 0.350. The molecule has 2 saturated heterocycles. The van der Waals surface area contributed by atoms with Gasteiger partial charge in [-0.15, -0.1) is 0 Å². The van der Waals surface area contributed by atoms with Gasteiger partial charge in [-0.05, 0) is 64.2 Å². The number of ether oxygens (including phenoxy) is 1. The van der Waals surface area contributed by atoms with Crippen LogP contribution in [-0.4, -0.2) is 67.8 Å². The molecule has 3 aliphatic rings. The molecule has 3 aliphatic heterocycles. The van der Waals surface area contributed by atoms with Gasteiger partial charge in [-0.25, -0.2) is 8.42 Å². The first kappa shape index (κ1) is 23.0. The molecule has 32 heavy (non-hydrogen) atoms. The van der Waals surface area contributed by atoms with Gasteiger partial charge in [-0.2, -0.15) is 4.31 Å². The Kier molecular flexibility index (Phi) is 6.76. The molecule has 0 unspecified atom stereocenters. The summed E-state index contributed by atoms with van der Waals surface area (Å²) in [6.45, 7) is 4.80. The molecule has 2 fully saturated rings. The van der Waals surface area contributed by atoms with Gasteiger partial charge in [0.15, 0.2) is 6.61 Å². The van der Waals surface area contributed by atoms with Gasteiger partial charge in [-0.1, -0.05) is 12.8 Å². The Bertz CT molecular complexity index is 962. The summed E-state index contributed by atoms with van der Waals surface area (Å²) in [7, 11) is -3.68. The first-order chi connectivity index (χ1) is 15.3. The van der Waals surface area contributed by atoms with E-state index >= 15 is 0 Å². The fraction of sp³-hybridized carbons (Fsp3) is 0.652. The SMILES string of the molecule is C[C@@H]1CCC[C@@H](C)N1C(=O)CN1C(=O)COc2ccc(S(=O)(=O)N3CCCCCC3)cc21. The Hall–Kier alpha value is -2.13. The Morgan fingerprint density at radius 1 is 1.03 bits per heavy atom. The third-order valence-electron chi connectivity index (χ3n) is 6.85. The maximum atomic E-state index is 13.3. The van der Waals surface area contributed by atoms with Crippen LogP contribution in [0.25, 0.3) is 0 Å². The van der Waals surface area contributed by atoms with Gasteiger partial charge in [0.25, 0.3) is 5.91 Å². The van der Waals surface area contributed by atoms with E-state index < -0.39 is 10.0 Å². The van der Waals surface area contributed by atoms with Crippen LogP contribution in [-0.2, 0) is 19.6 Å². The van der Waals surface area contributed by atoms with Gasteiger partial charge in [0.1, 0.15) is 12.3 Å². The second-order valence-electron chi connectivity index (χ2n) is 9.15. The number of benzene rings is 1. The van der Waals surface area contributed by atoms with Crippen LogP contribution in [0.1, 0.15) is 58.8 Å². The fourth-order valence-electron chi connectivity index (χ4n) is 5.08. The summed E-state index contributed by atoms with van der Waals surface area (Å²) in [4.78, 5) is 29.3. The summed E-state index contributed by atoms with van der Waals surface area (Å²) >= 11 is 0. The molecule has 2 atom stereocenters. The highest BCUT2D eigenvalue weighted by molar-refractivity contribution is 7.89. The highest BCUT2D eigenvalue weighted by Gasteiger charge is 2.35. The second-order valence-corrected chi connectivity index (χ2v) is 11.1. The Morgan fingerprint density at radius 3 is 2.34 bits per heavy atom. The van der Waals surface area contributed by atoms with E-state index in [0.717, 1.165) is 44.9 Å². The van der Waals surface area contributed by atoms with Crippen molar-refractivity contribution in [1.82, 2.24) is 9.21 Å². The van der Waals surface area contributed by atoms with Crippen molar-refractivity contribution in [2.75, 3.05) is 31.1 Å². The quantitative estimate of drug-likeness (QED) is 0.685. The lowest BCUT2D eigenvalue weighted by molar-refractivity contribution is -0.137. The maximum Gasteiger partial charge on any atom is 0.265 e. The molecule has 8 nitrogen and oxygen atoms in total. The highest BCUT2D eigenvalue weighted by Crippen LogP contribution is 2.35. The van der Waals surface area contributed by atoms with E-state index in [9.17, 15) is 18.0 Å². The smallest absolute Gasteiger partial charge is 0.265 e. The van der Waals surface area contributed by atoms with Gasteiger partial charge in [0, 0.05) is 25.2 Å². The number of anilines is 1. The maximum absolute atomic E-state index is 13.3. The van der Waals surface area contributed by atoms with E-state index in [4.69, 9.17) is 4.74 Å². The van der Waals surface area contributed by atoms with Gasteiger partial charge in [0.2, 0.25) is 15.9 Å². The molecular formula is C23H33N3O5S. The summed E-state index contributed by atoms with van der Waals surface area (Å²) in [5, 5.41) is 0. The van der Waals surface area contributed by atoms with Crippen molar-refractivity contribution in [2.45, 2.75) is 75.8 Å². The van der Waals surface area contributed by atoms with Crippen LogP contribution in [0.5, 0.6) is 5.75 Å². The number of likely N-dealkylation sites (tertiary alicyclic amines) is 1. The first-order valence-corrected chi connectivity index (χ1v) is 13.1. The fourth-order valence-corrected chi connectivity index (χ4v) is 6.61. The largest absolute Gasteiger partial charge is 0.482 e. The monoisotopic (exact) mass is 463 g/mol. The predicted molar refractivity (Wildman–Crippen MR) is 121 cm³/mol. The lowest BCUT2D eigenvalue weighted by Crippen LogP contribution is -2.53. The average molecular weight is 464 g/mol. The number of nitrogens with zero attached hydrogens (tertiary/aromatic N) is 3. The van der Waals surface area contributed by atoms with E-state index in [1.165, 1.54) is 21.3 Å². The number of carbonyl (C=O) groups is 2. The minimum atomic E-state index is -3.68. The minimum Gasteiger partial charge on any atom is -0.482 e. The molecule has 0 N–H and O–H groups in total. The number of sulfonamides is 1. The minimum absolute atomic E-state index is 0.114. The van der Waals surface area contributed by atoms with E-state index in [1.54, 1.807) is 6.07 Å². The number of hydrogen-bond donors (Lipinski definition) is 0. The molecule has 4 rings (SSSR count). The lowest BCUT2D eigenvalue weighted by Gasteiger charge is -2.40. The van der Waals surface area contributed by atoms with Crippen LogP contribution in [0.15, 0.2) is 23.1 Å². The van der Waals surface area contributed by atoms with Crippen molar-refractivity contribution in [1.29, 1.82) is 0 Å². The predicted octanol–water partition coefficient (Wildman–Crippen LogP) is 2.77. The van der Waals surface area contributed by atoms with E-state index in [1.807, 2.05) is 18.7 Å². The molecule has 0 aliphatic carbocycles. The van der Waals surface area contributed by atoms with Crippen molar-refractivity contribution in [2.24, 2.45) is 0 Å². The number of rotatable bonds is 4. The van der Waals surface area contributed by atoms with Gasteiger partial charge in [0.05, 0.1) is 10.6 Å². The molecule has 9 heteroatoms. The number of amides is 2. The summed E-state index contributed by atoms with van der Waals surface area (Å²) in [6, 6.07) is 4.86. The van der Waals surface area contributed by atoms with E-state index in [0.29, 0.717) is 24.5 Å². The normalized spacial score (nSPS) is 25.1. The summed E-state index contributed by atoms with van der Waals surface area (Å²) in [6.07, 6.45) is 6.73. The number of fused-ring (bicyclic) bond motifs is 1. The van der Waals surface area contributed by atoms with Crippen LogP contribution >= 0.6 is 0 Å². The Labute approximate surface area is 190 Å². The molecule has 176 valence electrons. The van der Waals surface area contributed by atoms with E-state index in [2.05, 4.69) is 0 Å². The van der Waals surface area contributed by atoms with Crippen molar-refractivity contribution in [3.63, 3.8) is 0 Å². The molecule has 0 bridgehead atoms. The van der Waals surface area contributed by atoms with Crippen LogP contribution < -0.4 is 9.64 Å². The summed E-state index contributed by atoms with van der Waals surface area (Å²) < 4.78 is 33.6.